The fourth-order valence-corrected chi connectivity index (χ4v) is 2.92. The summed E-state index contributed by atoms with van der Waals surface area (Å²) in [5.41, 5.74) is 2.52. The fourth-order valence-electron chi connectivity index (χ4n) is 2.62. The van der Waals surface area contributed by atoms with Gasteiger partial charge in [0.25, 0.3) is 0 Å². The standard InChI is InChI=1S/C17H26ClNO/c1-11(2)13(5)19-6-7-20-17-15(10-19)8-14(12(3)4)9-16(17)18/h8-9,11-13H,6-7,10H2,1-5H3. The molecular formula is C17H26ClNO. The number of ether oxygens (including phenoxy) is 1. The van der Waals surface area contributed by atoms with Gasteiger partial charge in [0, 0.05) is 24.7 Å². The molecule has 0 spiro atoms. The lowest BCUT2D eigenvalue weighted by molar-refractivity contribution is 0.146. The van der Waals surface area contributed by atoms with Crippen molar-refractivity contribution in [2.75, 3.05) is 13.2 Å². The van der Waals surface area contributed by atoms with Gasteiger partial charge in [0.1, 0.15) is 12.4 Å². The first-order valence-electron chi connectivity index (χ1n) is 7.59. The highest BCUT2D eigenvalue weighted by atomic mass is 35.5. The van der Waals surface area contributed by atoms with E-state index in [1.54, 1.807) is 0 Å². The van der Waals surface area contributed by atoms with Gasteiger partial charge in [-0.2, -0.15) is 0 Å². The van der Waals surface area contributed by atoms with Gasteiger partial charge in [-0.1, -0.05) is 45.4 Å². The summed E-state index contributed by atoms with van der Waals surface area (Å²) in [7, 11) is 0. The number of halogens is 1. The van der Waals surface area contributed by atoms with Crippen LogP contribution in [0.3, 0.4) is 0 Å². The Bertz CT molecular complexity index is 470. The molecule has 0 N–H and O–H groups in total. The number of rotatable bonds is 3. The predicted octanol–water partition coefficient (Wildman–Crippen LogP) is 4.70. The fraction of sp³-hybridized carbons (Fsp3) is 0.647. The van der Waals surface area contributed by atoms with E-state index in [0.29, 0.717) is 24.5 Å². The largest absolute Gasteiger partial charge is 0.490 e. The van der Waals surface area contributed by atoms with E-state index >= 15 is 0 Å². The van der Waals surface area contributed by atoms with Crippen molar-refractivity contribution in [2.24, 2.45) is 5.92 Å². The van der Waals surface area contributed by atoms with Gasteiger partial charge in [-0.15, -0.1) is 0 Å². The Morgan fingerprint density at radius 3 is 2.45 bits per heavy atom. The molecular weight excluding hydrogens is 270 g/mol. The number of benzene rings is 1. The van der Waals surface area contributed by atoms with Crippen molar-refractivity contribution in [2.45, 2.75) is 53.1 Å². The second kappa shape index (κ2) is 6.36. The maximum absolute atomic E-state index is 6.41. The molecule has 1 aliphatic rings. The van der Waals surface area contributed by atoms with Crippen LogP contribution in [0, 0.1) is 5.92 Å². The minimum Gasteiger partial charge on any atom is -0.490 e. The van der Waals surface area contributed by atoms with Crippen molar-refractivity contribution in [3.63, 3.8) is 0 Å². The molecule has 1 aromatic rings. The van der Waals surface area contributed by atoms with Crippen LogP contribution in [0.15, 0.2) is 12.1 Å². The van der Waals surface area contributed by atoms with E-state index in [1.807, 2.05) is 6.07 Å². The minimum absolute atomic E-state index is 0.483. The van der Waals surface area contributed by atoms with Crippen molar-refractivity contribution >= 4 is 11.6 Å². The zero-order chi connectivity index (χ0) is 14.9. The smallest absolute Gasteiger partial charge is 0.142 e. The molecule has 2 nitrogen and oxygen atoms in total. The van der Waals surface area contributed by atoms with Crippen LogP contribution in [-0.2, 0) is 6.54 Å². The molecule has 1 aromatic carbocycles. The molecule has 0 saturated carbocycles. The molecule has 3 heteroatoms. The highest BCUT2D eigenvalue weighted by Crippen LogP contribution is 2.35. The maximum Gasteiger partial charge on any atom is 0.142 e. The molecule has 0 radical (unpaired) electrons. The molecule has 2 rings (SSSR count). The summed E-state index contributed by atoms with van der Waals surface area (Å²) >= 11 is 6.41. The highest BCUT2D eigenvalue weighted by Gasteiger charge is 2.23. The third kappa shape index (κ3) is 3.29. The average molecular weight is 296 g/mol. The van der Waals surface area contributed by atoms with E-state index in [1.165, 1.54) is 11.1 Å². The molecule has 0 saturated heterocycles. The summed E-state index contributed by atoms with van der Waals surface area (Å²) in [6.45, 7) is 13.8. The number of fused-ring (bicyclic) bond motifs is 1. The van der Waals surface area contributed by atoms with Crippen LogP contribution < -0.4 is 4.74 Å². The highest BCUT2D eigenvalue weighted by molar-refractivity contribution is 6.32. The maximum atomic E-state index is 6.41. The van der Waals surface area contributed by atoms with E-state index in [9.17, 15) is 0 Å². The molecule has 0 aromatic heterocycles. The monoisotopic (exact) mass is 295 g/mol. The summed E-state index contributed by atoms with van der Waals surface area (Å²) in [5, 5.41) is 0.755. The number of hydrogen-bond acceptors (Lipinski definition) is 2. The third-order valence-corrected chi connectivity index (χ3v) is 4.63. The van der Waals surface area contributed by atoms with Gasteiger partial charge in [-0.05, 0) is 30.4 Å². The minimum atomic E-state index is 0.483. The first kappa shape index (κ1) is 15.7. The molecule has 0 fully saturated rings. The zero-order valence-corrected chi connectivity index (χ0v) is 14.0. The summed E-state index contributed by atoms with van der Waals surface area (Å²) in [6.07, 6.45) is 0. The molecule has 1 aliphatic heterocycles. The van der Waals surface area contributed by atoms with E-state index in [4.69, 9.17) is 16.3 Å². The van der Waals surface area contributed by atoms with Crippen molar-refractivity contribution in [1.82, 2.24) is 4.90 Å². The molecule has 20 heavy (non-hydrogen) atoms. The topological polar surface area (TPSA) is 12.5 Å². The molecule has 1 atom stereocenters. The number of nitrogens with zero attached hydrogens (tertiary/aromatic N) is 1. The predicted molar refractivity (Wildman–Crippen MR) is 85.7 cm³/mol. The van der Waals surface area contributed by atoms with Crippen molar-refractivity contribution < 1.29 is 4.74 Å². The van der Waals surface area contributed by atoms with Crippen molar-refractivity contribution in [1.29, 1.82) is 0 Å². The van der Waals surface area contributed by atoms with Gasteiger partial charge in [0.15, 0.2) is 0 Å². The van der Waals surface area contributed by atoms with Crippen molar-refractivity contribution in [3.8, 4) is 5.75 Å². The molecule has 112 valence electrons. The second-order valence-corrected chi connectivity index (χ2v) is 6.86. The van der Waals surface area contributed by atoms with E-state index in [-0.39, 0.29) is 0 Å². The van der Waals surface area contributed by atoms with Gasteiger partial charge in [-0.25, -0.2) is 0 Å². The summed E-state index contributed by atoms with van der Waals surface area (Å²) < 4.78 is 5.90. The van der Waals surface area contributed by atoms with Crippen molar-refractivity contribution in [3.05, 3.63) is 28.3 Å². The summed E-state index contributed by atoms with van der Waals surface area (Å²) in [5.74, 6) is 2.01. The van der Waals surface area contributed by atoms with Gasteiger partial charge >= 0.3 is 0 Å². The Balaban J connectivity index is 2.33. The zero-order valence-electron chi connectivity index (χ0n) is 13.2. The molecule has 1 unspecified atom stereocenters. The Morgan fingerprint density at radius 2 is 1.85 bits per heavy atom. The second-order valence-electron chi connectivity index (χ2n) is 6.45. The van der Waals surface area contributed by atoms with E-state index in [0.717, 1.165) is 23.9 Å². The van der Waals surface area contributed by atoms with Crippen LogP contribution in [-0.4, -0.2) is 24.1 Å². The molecule has 0 bridgehead atoms. The first-order chi connectivity index (χ1) is 9.40. The Kier molecular flexibility index (Phi) is 4.98. The van der Waals surface area contributed by atoms with Gasteiger partial charge < -0.3 is 4.74 Å². The van der Waals surface area contributed by atoms with E-state index < -0.39 is 0 Å². The third-order valence-electron chi connectivity index (χ3n) is 4.35. The van der Waals surface area contributed by atoms with Crippen LogP contribution >= 0.6 is 11.6 Å². The quantitative estimate of drug-likeness (QED) is 0.801. The van der Waals surface area contributed by atoms with Crippen LogP contribution in [0.2, 0.25) is 5.02 Å². The Morgan fingerprint density at radius 1 is 1.15 bits per heavy atom. The lowest BCUT2D eigenvalue weighted by atomic mass is 9.99. The summed E-state index contributed by atoms with van der Waals surface area (Å²) in [4.78, 5) is 2.50. The van der Waals surface area contributed by atoms with E-state index in [2.05, 4.69) is 45.6 Å². The number of hydrogen-bond donors (Lipinski definition) is 0. The Labute approximate surface area is 128 Å². The van der Waals surface area contributed by atoms with Gasteiger partial charge in [-0.3, -0.25) is 4.90 Å². The Hall–Kier alpha value is -0.730. The lowest BCUT2D eigenvalue weighted by Gasteiger charge is -2.30. The average Bonchev–Trinajstić information content (AvgIpc) is 2.59. The summed E-state index contributed by atoms with van der Waals surface area (Å²) in [6, 6.07) is 4.86. The molecule has 1 heterocycles. The van der Waals surface area contributed by atoms with Crippen LogP contribution in [0.5, 0.6) is 5.75 Å². The lowest BCUT2D eigenvalue weighted by Crippen LogP contribution is -2.37. The van der Waals surface area contributed by atoms with Crippen LogP contribution in [0.25, 0.3) is 0 Å². The SMILES string of the molecule is CC(C)c1cc(Cl)c2c(c1)CN(C(C)C(C)C)CCO2. The van der Waals surface area contributed by atoms with Gasteiger partial charge in [0.05, 0.1) is 5.02 Å². The van der Waals surface area contributed by atoms with Gasteiger partial charge in [0.2, 0.25) is 0 Å². The molecule has 0 amide bonds. The van der Waals surface area contributed by atoms with Crippen LogP contribution in [0.1, 0.15) is 51.7 Å². The molecule has 0 aliphatic carbocycles. The van der Waals surface area contributed by atoms with Crippen LogP contribution in [0.4, 0.5) is 0 Å². The first-order valence-corrected chi connectivity index (χ1v) is 7.97. The normalized spacial score (nSPS) is 17.8.